The van der Waals surface area contributed by atoms with Crippen LogP contribution >= 0.6 is 0 Å². The van der Waals surface area contributed by atoms with Crippen molar-refractivity contribution in [2.45, 2.75) is 19.8 Å². The molecule has 0 saturated carbocycles. The van der Waals surface area contributed by atoms with Crippen LogP contribution in [0.15, 0.2) is 48.0 Å². The summed E-state index contributed by atoms with van der Waals surface area (Å²) in [6, 6.07) is 14.9. The van der Waals surface area contributed by atoms with Gasteiger partial charge in [-0.1, -0.05) is 38.1 Å². The fourth-order valence-electron chi connectivity index (χ4n) is 2.47. The first kappa shape index (κ1) is 16.6. The van der Waals surface area contributed by atoms with Gasteiger partial charge in [-0.2, -0.15) is 5.26 Å². The van der Waals surface area contributed by atoms with E-state index in [2.05, 4.69) is 19.2 Å². The zero-order chi connectivity index (χ0) is 17.8. The van der Waals surface area contributed by atoms with E-state index in [-0.39, 0.29) is 12.4 Å². The van der Waals surface area contributed by atoms with E-state index in [0.29, 0.717) is 23.1 Å². The molecule has 1 heterocycles. The molecular formula is C20H18N2O3. The van der Waals surface area contributed by atoms with Gasteiger partial charge in [0.2, 0.25) is 6.79 Å². The number of hydrogen-bond donors (Lipinski definition) is 1. The molecule has 0 fully saturated rings. The fraction of sp³-hybridized carbons (Fsp3) is 0.200. The van der Waals surface area contributed by atoms with Gasteiger partial charge in [-0.15, -0.1) is 0 Å². The maximum atomic E-state index is 12.3. The van der Waals surface area contributed by atoms with Gasteiger partial charge in [-0.05, 0) is 35.3 Å². The summed E-state index contributed by atoms with van der Waals surface area (Å²) in [7, 11) is 0. The van der Waals surface area contributed by atoms with Gasteiger partial charge in [0.05, 0.1) is 0 Å². The van der Waals surface area contributed by atoms with Crippen LogP contribution in [0, 0.1) is 11.3 Å². The smallest absolute Gasteiger partial charge is 0.266 e. The molecule has 2 aromatic rings. The minimum atomic E-state index is -0.464. The van der Waals surface area contributed by atoms with Gasteiger partial charge in [-0.25, -0.2) is 0 Å². The second kappa shape index (κ2) is 7.10. The molecule has 0 unspecified atom stereocenters. The minimum Gasteiger partial charge on any atom is -0.454 e. The molecule has 2 aromatic carbocycles. The number of fused-ring (bicyclic) bond motifs is 1. The number of nitrogens with zero attached hydrogens (tertiary/aromatic N) is 1. The van der Waals surface area contributed by atoms with E-state index >= 15 is 0 Å². The molecule has 1 N–H and O–H groups in total. The van der Waals surface area contributed by atoms with Crippen molar-refractivity contribution in [3.05, 3.63) is 59.2 Å². The summed E-state index contributed by atoms with van der Waals surface area (Å²) in [6.45, 7) is 4.40. The third kappa shape index (κ3) is 3.81. The van der Waals surface area contributed by atoms with Gasteiger partial charge in [0.25, 0.3) is 5.91 Å². The average molecular weight is 334 g/mol. The lowest BCUT2D eigenvalue weighted by Crippen LogP contribution is -2.13. The Morgan fingerprint density at radius 1 is 1.16 bits per heavy atom. The van der Waals surface area contributed by atoms with Crippen molar-refractivity contribution in [1.82, 2.24) is 0 Å². The number of rotatable bonds is 4. The minimum absolute atomic E-state index is 0.0370. The summed E-state index contributed by atoms with van der Waals surface area (Å²) >= 11 is 0. The van der Waals surface area contributed by atoms with Gasteiger partial charge in [0.15, 0.2) is 11.5 Å². The molecule has 3 rings (SSSR count). The molecule has 25 heavy (non-hydrogen) atoms. The molecule has 126 valence electrons. The predicted octanol–water partition coefficient (Wildman–Crippen LogP) is 4.08. The highest BCUT2D eigenvalue weighted by Gasteiger charge is 2.15. The van der Waals surface area contributed by atoms with Crippen LogP contribution in [0.4, 0.5) is 5.69 Å². The second-order valence-electron chi connectivity index (χ2n) is 6.01. The Morgan fingerprint density at radius 3 is 2.56 bits per heavy atom. The van der Waals surface area contributed by atoms with E-state index in [4.69, 9.17) is 9.47 Å². The highest BCUT2D eigenvalue weighted by molar-refractivity contribution is 6.09. The monoisotopic (exact) mass is 334 g/mol. The number of nitrogens with one attached hydrogen (secondary N) is 1. The Bertz CT molecular complexity index is 862. The van der Waals surface area contributed by atoms with Crippen LogP contribution in [-0.2, 0) is 4.79 Å². The summed E-state index contributed by atoms with van der Waals surface area (Å²) in [5, 5.41) is 12.0. The summed E-state index contributed by atoms with van der Waals surface area (Å²) in [5.41, 5.74) is 2.60. The normalized spacial score (nSPS) is 12.8. The molecule has 1 aliphatic heterocycles. The Morgan fingerprint density at radius 2 is 1.88 bits per heavy atom. The molecule has 1 aliphatic rings. The SMILES string of the molecule is CC(C)c1ccc(/C=C(/C#N)C(=O)Nc2ccc3c(c2)OCO3)cc1. The molecule has 1 amide bonds. The molecular weight excluding hydrogens is 316 g/mol. The van der Waals surface area contributed by atoms with Crippen LogP contribution in [0.1, 0.15) is 30.9 Å². The van der Waals surface area contributed by atoms with E-state index in [1.807, 2.05) is 30.3 Å². The molecule has 0 atom stereocenters. The zero-order valence-corrected chi connectivity index (χ0v) is 14.1. The standard InChI is InChI=1S/C20H18N2O3/c1-13(2)15-5-3-14(4-6-15)9-16(11-21)20(23)22-17-7-8-18-19(10-17)25-12-24-18/h3-10,13H,12H2,1-2H3,(H,22,23)/b16-9-. The van der Waals surface area contributed by atoms with E-state index in [1.165, 1.54) is 5.56 Å². The average Bonchev–Trinajstić information content (AvgIpc) is 3.07. The van der Waals surface area contributed by atoms with Crippen LogP contribution in [-0.4, -0.2) is 12.7 Å². The highest BCUT2D eigenvalue weighted by atomic mass is 16.7. The van der Waals surface area contributed by atoms with E-state index in [1.54, 1.807) is 24.3 Å². The summed E-state index contributed by atoms with van der Waals surface area (Å²) < 4.78 is 10.5. The number of carbonyl (C=O) groups is 1. The second-order valence-corrected chi connectivity index (χ2v) is 6.01. The van der Waals surface area contributed by atoms with Crippen molar-refractivity contribution in [3.63, 3.8) is 0 Å². The quantitative estimate of drug-likeness (QED) is 0.675. The van der Waals surface area contributed by atoms with Crippen LogP contribution in [0.2, 0.25) is 0 Å². The van der Waals surface area contributed by atoms with E-state index in [9.17, 15) is 10.1 Å². The Balaban J connectivity index is 1.76. The van der Waals surface area contributed by atoms with Gasteiger partial charge < -0.3 is 14.8 Å². The topological polar surface area (TPSA) is 71.4 Å². The van der Waals surface area contributed by atoms with E-state index < -0.39 is 5.91 Å². The van der Waals surface area contributed by atoms with Gasteiger partial charge in [0, 0.05) is 11.8 Å². The molecule has 5 heteroatoms. The summed E-state index contributed by atoms with van der Waals surface area (Å²) in [6.07, 6.45) is 1.58. The maximum Gasteiger partial charge on any atom is 0.266 e. The van der Waals surface area contributed by atoms with Crippen LogP contribution in [0.25, 0.3) is 6.08 Å². The first-order chi connectivity index (χ1) is 12.1. The van der Waals surface area contributed by atoms with Crippen molar-refractivity contribution in [2.24, 2.45) is 0 Å². The third-order valence-electron chi connectivity index (χ3n) is 3.91. The van der Waals surface area contributed by atoms with Crippen LogP contribution in [0.5, 0.6) is 11.5 Å². The largest absolute Gasteiger partial charge is 0.454 e. The lowest BCUT2D eigenvalue weighted by Gasteiger charge is -2.07. The van der Waals surface area contributed by atoms with Crippen molar-refractivity contribution >= 4 is 17.7 Å². The van der Waals surface area contributed by atoms with Crippen molar-refractivity contribution in [3.8, 4) is 17.6 Å². The number of carbonyl (C=O) groups excluding carboxylic acids is 1. The molecule has 0 radical (unpaired) electrons. The van der Waals surface area contributed by atoms with Crippen LogP contribution < -0.4 is 14.8 Å². The molecule has 0 bridgehead atoms. The molecule has 0 aliphatic carbocycles. The van der Waals surface area contributed by atoms with Crippen molar-refractivity contribution in [2.75, 3.05) is 12.1 Å². The molecule has 0 saturated heterocycles. The van der Waals surface area contributed by atoms with Crippen molar-refractivity contribution in [1.29, 1.82) is 5.26 Å². The third-order valence-corrected chi connectivity index (χ3v) is 3.91. The van der Waals surface area contributed by atoms with Gasteiger partial charge in [-0.3, -0.25) is 4.79 Å². The summed E-state index contributed by atoms with van der Waals surface area (Å²) in [4.78, 5) is 12.3. The lowest BCUT2D eigenvalue weighted by atomic mass is 10.0. The Hall–Kier alpha value is -3.26. The predicted molar refractivity (Wildman–Crippen MR) is 95.3 cm³/mol. The fourth-order valence-corrected chi connectivity index (χ4v) is 2.47. The number of amides is 1. The molecule has 5 nitrogen and oxygen atoms in total. The van der Waals surface area contributed by atoms with Gasteiger partial charge >= 0.3 is 0 Å². The van der Waals surface area contributed by atoms with Crippen LogP contribution in [0.3, 0.4) is 0 Å². The first-order valence-corrected chi connectivity index (χ1v) is 7.99. The number of benzene rings is 2. The Kier molecular flexibility index (Phi) is 4.71. The first-order valence-electron chi connectivity index (χ1n) is 7.99. The zero-order valence-electron chi connectivity index (χ0n) is 14.1. The Labute approximate surface area is 146 Å². The number of nitriles is 1. The summed E-state index contributed by atoms with van der Waals surface area (Å²) in [5.74, 6) is 1.18. The highest BCUT2D eigenvalue weighted by Crippen LogP contribution is 2.34. The van der Waals surface area contributed by atoms with Gasteiger partial charge in [0.1, 0.15) is 11.6 Å². The lowest BCUT2D eigenvalue weighted by molar-refractivity contribution is -0.112. The molecule has 0 aromatic heterocycles. The molecule has 0 spiro atoms. The number of anilines is 1. The maximum absolute atomic E-state index is 12.3. The van der Waals surface area contributed by atoms with E-state index in [0.717, 1.165) is 5.56 Å². The number of ether oxygens (including phenoxy) is 2. The van der Waals surface area contributed by atoms with Crippen molar-refractivity contribution < 1.29 is 14.3 Å². The number of hydrogen-bond acceptors (Lipinski definition) is 4.